The zero-order valence-corrected chi connectivity index (χ0v) is 13.2. The summed E-state index contributed by atoms with van der Waals surface area (Å²) in [6, 6.07) is 7.75. The summed E-state index contributed by atoms with van der Waals surface area (Å²) < 4.78 is 65.4. The van der Waals surface area contributed by atoms with Crippen LogP contribution < -0.4 is 10.5 Å². The van der Waals surface area contributed by atoms with Crippen molar-refractivity contribution in [2.24, 2.45) is 5.73 Å². The summed E-state index contributed by atoms with van der Waals surface area (Å²) in [7, 11) is -4.33. The van der Waals surface area contributed by atoms with Gasteiger partial charge in [-0.05, 0) is 36.8 Å². The molecule has 0 fully saturated rings. The molecule has 128 valence electrons. The summed E-state index contributed by atoms with van der Waals surface area (Å²) >= 11 is 0. The lowest BCUT2D eigenvalue weighted by Gasteiger charge is -2.15. The zero-order chi connectivity index (χ0) is 18.1. The fraction of sp³-hybridized carbons (Fsp3) is 0.133. The van der Waals surface area contributed by atoms with Crippen LogP contribution >= 0.6 is 0 Å². The number of rotatable bonds is 4. The highest BCUT2D eigenvalue weighted by Gasteiger charge is 2.34. The second-order valence-electron chi connectivity index (χ2n) is 4.99. The summed E-state index contributed by atoms with van der Waals surface area (Å²) in [5.41, 5.74) is 3.87. The number of hydrogen-bond donors (Lipinski definition) is 2. The molecule has 0 spiro atoms. The van der Waals surface area contributed by atoms with E-state index >= 15 is 0 Å². The van der Waals surface area contributed by atoms with Crippen molar-refractivity contribution < 1.29 is 26.4 Å². The van der Waals surface area contributed by atoms with Gasteiger partial charge in [0, 0.05) is 5.56 Å². The van der Waals surface area contributed by atoms with Crippen molar-refractivity contribution >= 4 is 21.6 Å². The lowest BCUT2D eigenvalue weighted by Crippen LogP contribution is -2.19. The van der Waals surface area contributed by atoms with Gasteiger partial charge in [0.2, 0.25) is 5.91 Å². The van der Waals surface area contributed by atoms with Crippen molar-refractivity contribution in [1.82, 2.24) is 0 Å². The quantitative estimate of drug-likeness (QED) is 0.881. The molecule has 0 heterocycles. The Labute approximate surface area is 136 Å². The highest BCUT2D eigenvalue weighted by molar-refractivity contribution is 7.92. The van der Waals surface area contributed by atoms with Crippen molar-refractivity contribution in [3.8, 4) is 0 Å². The van der Waals surface area contributed by atoms with Gasteiger partial charge in [-0.25, -0.2) is 8.42 Å². The molecule has 24 heavy (non-hydrogen) atoms. The first-order valence-electron chi connectivity index (χ1n) is 6.62. The van der Waals surface area contributed by atoms with Crippen molar-refractivity contribution in [2.75, 3.05) is 4.72 Å². The van der Waals surface area contributed by atoms with E-state index in [9.17, 15) is 26.4 Å². The van der Waals surface area contributed by atoms with Crippen LogP contribution in [0.15, 0.2) is 47.4 Å². The zero-order valence-electron chi connectivity index (χ0n) is 12.4. The minimum absolute atomic E-state index is 0.0259. The van der Waals surface area contributed by atoms with Gasteiger partial charge >= 0.3 is 6.18 Å². The van der Waals surface area contributed by atoms with Gasteiger partial charge in [0.05, 0.1) is 16.1 Å². The van der Waals surface area contributed by atoms with Crippen LogP contribution in [-0.2, 0) is 16.2 Å². The van der Waals surface area contributed by atoms with Gasteiger partial charge in [0.25, 0.3) is 10.0 Å². The van der Waals surface area contributed by atoms with E-state index in [0.717, 1.165) is 24.3 Å². The molecule has 0 saturated carbocycles. The molecular weight excluding hydrogens is 345 g/mol. The monoisotopic (exact) mass is 358 g/mol. The summed E-state index contributed by atoms with van der Waals surface area (Å²) in [4.78, 5) is 10.9. The van der Waals surface area contributed by atoms with Gasteiger partial charge in [0.15, 0.2) is 0 Å². The number of halogens is 3. The Kier molecular flexibility index (Phi) is 4.57. The van der Waals surface area contributed by atoms with Crippen LogP contribution in [0.4, 0.5) is 18.9 Å². The number of nitrogens with two attached hydrogens (primary N) is 1. The van der Waals surface area contributed by atoms with Gasteiger partial charge < -0.3 is 5.73 Å². The predicted octanol–water partition coefficient (Wildman–Crippen LogP) is 2.91. The topological polar surface area (TPSA) is 89.3 Å². The Morgan fingerprint density at radius 3 is 2.33 bits per heavy atom. The maximum absolute atomic E-state index is 13.0. The Hall–Kier alpha value is -2.55. The van der Waals surface area contributed by atoms with Crippen LogP contribution in [0.1, 0.15) is 21.5 Å². The maximum atomic E-state index is 13.0. The summed E-state index contributed by atoms with van der Waals surface area (Å²) in [6.45, 7) is 1.56. The SMILES string of the molecule is Cc1ccc(S(=O)(=O)Nc2ccccc2C(F)(F)F)cc1C(N)=O. The Bertz CT molecular complexity index is 893. The number of amides is 1. The Morgan fingerprint density at radius 1 is 1.12 bits per heavy atom. The van der Waals surface area contributed by atoms with E-state index < -0.39 is 33.4 Å². The van der Waals surface area contributed by atoms with Gasteiger partial charge in [-0.2, -0.15) is 13.2 Å². The largest absolute Gasteiger partial charge is 0.418 e. The van der Waals surface area contributed by atoms with E-state index in [4.69, 9.17) is 5.73 Å². The molecule has 0 radical (unpaired) electrons. The van der Waals surface area contributed by atoms with Crippen LogP contribution in [-0.4, -0.2) is 14.3 Å². The molecular formula is C15H13F3N2O3S. The molecule has 2 aromatic rings. The first kappa shape index (κ1) is 17.8. The van der Waals surface area contributed by atoms with Crippen molar-refractivity contribution in [1.29, 1.82) is 0 Å². The fourth-order valence-electron chi connectivity index (χ4n) is 2.06. The van der Waals surface area contributed by atoms with Gasteiger partial charge in [-0.1, -0.05) is 18.2 Å². The number of aryl methyl sites for hydroxylation is 1. The molecule has 0 unspecified atom stereocenters. The molecule has 2 aromatic carbocycles. The highest BCUT2D eigenvalue weighted by atomic mass is 32.2. The molecule has 0 bridgehead atoms. The number of primary amides is 1. The molecule has 1 amide bonds. The first-order chi connectivity index (χ1) is 11.0. The Morgan fingerprint density at radius 2 is 1.75 bits per heavy atom. The minimum atomic E-state index is -4.72. The molecule has 3 N–H and O–H groups in total. The van der Waals surface area contributed by atoms with E-state index in [1.165, 1.54) is 18.2 Å². The molecule has 0 aliphatic rings. The number of benzene rings is 2. The molecule has 0 aromatic heterocycles. The lowest BCUT2D eigenvalue weighted by molar-refractivity contribution is -0.136. The number of hydrogen-bond acceptors (Lipinski definition) is 3. The van der Waals surface area contributed by atoms with Crippen molar-refractivity contribution in [3.63, 3.8) is 0 Å². The normalized spacial score (nSPS) is 12.0. The third-order valence-electron chi connectivity index (χ3n) is 3.26. The van der Waals surface area contributed by atoms with Crippen LogP contribution in [0.5, 0.6) is 0 Å². The number of carbonyl (C=O) groups excluding carboxylic acids is 1. The molecule has 5 nitrogen and oxygen atoms in total. The minimum Gasteiger partial charge on any atom is -0.366 e. The summed E-state index contributed by atoms with van der Waals surface area (Å²) in [6.07, 6.45) is -4.72. The van der Waals surface area contributed by atoms with Crippen molar-refractivity contribution in [2.45, 2.75) is 18.0 Å². The van der Waals surface area contributed by atoms with E-state index in [-0.39, 0.29) is 10.5 Å². The van der Waals surface area contributed by atoms with Crippen LogP contribution in [0, 0.1) is 6.92 Å². The molecule has 0 aliphatic heterocycles. The van der Waals surface area contributed by atoms with E-state index in [1.807, 2.05) is 4.72 Å². The van der Waals surface area contributed by atoms with Gasteiger partial charge in [0.1, 0.15) is 0 Å². The third-order valence-corrected chi connectivity index (χ3v) is 4.62. The third kappa shape index (κ3) is 3.67. The number of anilines is 1. The van der Waals surface area contributed by atoms with Crippen molar-refractivity contribution in [3.05, 3.63) is 59.2 Å². The molecule has 9 heteroatoms. The number of nitrogens with one attached hydrogen (secondary N) is 1. The van der Waals surface area contributed by atoms with Crippen LogP contribution in [0.2, 0.25) is 0 Å². The van der Waals surface area contributed by atoms with Gasteiger partial charge in [-0.15, -0.1) is 0 Å². The molecule has 0 aliphatic carbocycles. The van der Waals surface area contributed by atoms with Crippen LogP contribution in [0.25, 0.3) is 0 Å². The van der Waals surface area contributed by atoms with Gasteiger partial charge in [-0.3, -0.25) is 9.52 Å². The molecule has 0 atom stereocenters. The average molecular weight is 358 g/mol. The fourth-order valence-corrected chi connectivity index (χ4v) is 3.16. The van der Waals surface area contributed by atoms with E-state index in [2.05, 4.69) is 0 Å². The number of sulfonamides is 1. The maximum Gasteiger partial charge on any atom is 0.418 e. The van der Waals surface area contributed by atoms with E-state index in [1.54, 1.807) is 6.92 Å². The highest BCUT2D eigenvalue weighted by Crippen LogP contribution is 2.35. The average Bonchev–Trinajstić information content (AvgIpc) is 2.46. The predicted molar refractivity (Wildman–Crippen MR) is 81.9 cm³/mol. The number of para-hydroxylation sites is 1. The van der Waals surface area contributed by atoms with Crippen LogP contribution in [0.3, 0.4) is 0 Å². The second kappa shape index (κ2) is 6.16. The summed E-state index contributed by atoms with van der Waals surface area (Å²) in [5.74, 6) is -0.833. The number of alkyl halides is 3. The lowest BCUT2D eigenvalue weighted by atomic mass is 10.1. The standard InChI is InChI=1S/C15H13F3N2O3S/c1-9-6-7-10(8-11(9)14(19)21)24(22,23)20-13-5-3-2-4-12(13)15(16,17)18/h2-8,20H,1H3,(H2,19,21). The summed E-state index contributed by atoms with van der Waals surface area (Å²) in [5, 5.41) is 0. The second-order valence-corrected chi connectivity index (χ2v) is 6.67. The first-order valence-corrected chi connectivity index (χ1v) is 8.10. The molecule has 2 rings (SSSR count). The van der Waals surface area contributed by atoms with E-state index in [0.29, 0.717) is 5.56 Å². The molecule has 0 saturated heterocycles. The Balaban J connectivity index is 2.48. The number of carbonyl (C=O) groups is 1. The smallest absolute Gasteiger partial charge is 0.366 e.